The van der Waals surface area contributed by atoms with Gasteiger partial charge in [-0.2, -0.15) is 0 Å². The number of rotatable bonds is 5. The maximum atomic E-state index is 12.6. The summed E-state index contributed by atoms with van der Waals surface area (Å²) in [5.41, 5.74) is 1.79. The van der Waals surface area contributed by atoms with E-state index in [-0.39, 0.29) is 16.9 Å². The van der Waals surface area contributed by atoms with Crippen LogP contribution in [0.15, 0.2) is 27.8 Å². The molecule has 1 aliphatic heterocycles. The van der Waals surface area contributed by atoms with Crippen molar-refractivity contribution in [1.29, 1.82) is 0 Å². The van der Waals surface area contributed by atoms with Gasteiger partial charge in [0.25, 0.3) is 5.56 Å². The minimum absolute atomic E-state index is 0.0833. The highest BCUT2D eigenvalue weighted by molar-refractivity contribution is 6.30. The van der Waals surface area contributed by atoms with Crippen LogP contribution in [0.5, 0.6) is 0 Å². The van der Waals surface area contributed by atoms with Crippen LogP contribution in [0.4, 0.5) is 5.69 Å². The second-order valence-corrected chi connectivity index (χ2v) is 8.81. The molecule has 1 atom stereocenters. The first kappa shape index (κ1) is 22.3. The Kier molecular flexibility index (Phi) is 5.96. The van der Waals surface area contributed by atoms with Gasteiger partial charge in [-0.25, -0.2) is 9.78 Å². The molecule has 0 bridgehead atoms. The summed E-state index contributed by atoms with van der Waals surface area (Å²) in [5, 5.41) is 0.718. The van der Waals surface area contributed by atoms with E-state index in [1.54, 1.807) is 18.5 Å². The highest BCUT2D eigenvalue weighted by Gasteiger charge is 2.26. The second kappa shape index (κ2) is 8.55. The lowest BCUT2D eigenvalue weighted by atomic mass is 10.1. The van der Waals surface area contributed by atoms with E-state index < -0.39 is 17.3 Å². The van der Waals surface area contributed by atoms with Gasteiger partial charge >= 0.3 is 5.69 Å². The minimum Gasteiger partial charge on any atom is -0.369 e. The van der Waals surface area contributed by atoms with Gasteiger partial charge in [0.1, 0.15) is 5.82 Å². The van der Waals surface area contributed by atoms with Gasteiger partial charge in [0.2, 0.25) is 0 Å². The third kappa shape index (κ3) is 3.98. The van der Waals surface area contributed by atoms with Crippen molar-refractivity contribution in [1.82, 2.24) is 24.0 Å². The number of hydrogen-bond acceptors (Lipinski definition) is 6. The van der Waals surface area contributed by atoms with Gasteiger partial charge in [-0.05, 0) is 38.5 Å². The van der Waals surface area contributed by atoms with Crippen LogP contribution in [-0.4, -0.2) is 56.0 Å². The van der Waals surface area contributed by atoms with Crippen LogP contribution in [0.1, 0.15) is 31.3 Å². The number of fused-ring (bicyclic) bond motifs is 1. The Balaban J connectivity index is 1.63. The predicted octanol–water partition coefficient (Wildman–Crippen LogP) is 1.86. The van der Waals surface area contributed by atoms with Crippen molar-refractivity contribution in [3.63, 3.8) is 0 Å². The van der Waals surface area contributed by atoms with Gasteiger partial charge < -0.3 is 9.47 Å². The quantitative estimate of drug-likeness (QED) is 0.627. The molecule has 1 aromatic carbocycles. The molecule has 1 N–H and O–H groups in total. The molecule has 32 heavy (non-hydrogen) atoms. The number of nitrogens with one attached hydrogen (secondary N) is 1. The highest BCUT2D eigenvalue weighted by Crippen LogP contribution is 2.26. The van der Waals surface area contributed by atoms with Crippen molar-refractivity contribution < 1.29 is 4.79 Å². The van der Waals surface area contributed by atoms with E-state index >= 15 is 0 Å². The number of benzene rings is 1. The fourth-order valence-electron chi connectivity index (χ4n) is 4.23. The Morgan fingerprint density at radius 3 is 2.56 bits per heavy atom. The Morgan fingerprint density at radius 2 is 1.91 bits per heavy atom. The number of hydrogen-bond donors (Lipinski definition) is 1. The van der Waals surface area contributed by atoms with Crippen LogP contribution in [0.2, 0.25) is 5.02 Å². The van der Waals surface area contributed by atoms with E-state index in [9.17, 15) is 14.4 Å². The van der Waals surface area contributed by atoms with Crippen molar-refractivity contribution in [3.8, 4) is 0 Å². The van der Waals surface area contributed by atoms with Crippen LogP contribution in [-0.2, 0) is 18.4 Å². The number of aromatic amines is 1. The largest absolute Gasteiger partial charge is 0.369 e. The van der Waals surface area contributed by atoms with E-state index in [0.717, 1.165) is 36.9 Å². The number of anilines is 1. The molecule has 0 aliphatic carbocycles. The molecule has 0 spiro atoms. The number of piperazine rings is 1. The molecule has 0 amide bonds. The number of carbonyl (C=O) groups excluding carboxylic acids is 1. The summed E-state index contributed by atoms with van der Waals surface area (Å²) in [6.07, 6.45) is 0. The molecular weight excluding hydrogens is 432 g/mol. The monoisotopic (exact) mass is 458 g/mol. The van der Waals surface area contributed by atoms with Crippen molar-refractivity contribution >= 4 is 34.2 Å². The molecule has 1 aliphatic rings. The van der Waals surface area contributed by atoms with Crippen molar-refractivity contribution in [2.75, 3.05) is 31.1 Å². The summed E-state index contributed by atoms with van der Waals surface area (Å²) in [5.74, 6) is 0.516. The molecule has 0 radical (unpaired) electrons. The van der Waals surface area contributed by atoms with Crippen molar-refractivity contribution in [2.24, 2.45) is 7.05 Å². The summed E-state index contributed by atoms with van der Waals surface area (Å²) < 4.78 is 2.98. The van der Waals surface area contributed by atoms with Crippen LogP contribution >= 0.6 is 11.6 Å². The van der Waals surface area contributed by atoms with Crippen LogP contribution in [0, 0.1) is 6.92 Å². The highest BCUT2D eigenvalue weighted by atomic mass is 35.5. The third-order valence-corrected chi connectivity index (χ3v) is 6.48. The lowest BCUT2D eigenvalue weighted by Gasteiger charge is -2.36. The van der Waals surface area contributed by atoms with Gasteiger partial charge in [0.05, 0.1) is 12.6 Å². The molecule has 2 aromatic heterocycles. The third-order valence-electron chi connectivity index (χ3n) is 6.25. The van der Waals surface area contributed by atoms with Crippen molar-refractivity contribution in [3.05, 3.63) is 55.4 Å². The number of imidazole rings is 1. The smallest absolute Gasteiger partial charge is 0.329 e. The fraction of sp³-hybridized carbons (Fsp3) is 0.455. The van der Waals surface area contributed by atoms with Crippen LogP contribution < -0.4 is 16.1 Å². The topological polar surface area (TPSA) is 96.2 Å². The van der Waals surface area contributed by atoms with Gasteiger partial charge in [0.15, 0.2) is 16.9 Å². The second-order valence-electron chi connectivity index (χ2n) is 8.37. The van der Waals surface area contributed by atoms with Gasteiger partial charge in [-0.15, -0.1) is 0 Å². The molecule has 3 heterocycles. The first-order valence-electron chi connectivity index (χ1n) is 10.6. The zero-order valence-corrected chi connectivity index (χ0v) is 19.4. The number of aromatic nitrogens is 4. The zero-order chi connectivity index (χ0) is 23.2. The number of aryl methyl sites for hydroxylation is 2. The number of H-pyrrole nitrogens is 1. The number of halogens is 1. The zero-order valence-electron chi connectivity index (χ0n) is 18.7. The fourth-order valence-corrected chi connectivity index (χ4v) is 4.39. The maximum absolute atomic E-state index is 12.6. The summed E-state index contributed by atoms with van der Waals surface area (Å²) in [6.45, 7) is 9.01. The van der Waals surface area contributed by atoms with Gasteiger partial charge in [0, 0.05) is 43.9 Å². The molecule has 1 fully saturated rings. The van der Waals surface area contributed by atoms with Crippen LogP contribution in [0.3, 0.4) is 0 Å². The average Bonchev–Trinajstić information content (AvgIpc) is 3.13. The molecule has 0 saturated carbocycles. The Morgan fingerprint density at radius 1 is 1.22 bits per heavy atom. The van der Waals surface area contributed by atoms with Crippen molar-refractivity contribution in [2.45, 2.75) is 33.4 Å². The normalized spacial score (nSPS) is 16.0. The lowest BCUT2D eigenvalue weighted by Crippen LogP contribution is -2.46. The molecular formula is C22H27ClN6O3. The average molecular weight is 459 g/mol. The molecule has 9 nitrogen and oxygen atoms in total. The standard InChI is InChI=1S/C22H27ClN6O3/c1-13-5-6-16(23)11-17(13)28-9-7-27(8-10-28)12-18-24-20-19(29(18)14(2)15(3)30)21(31)25-22(32)26(20)4/h5-6,11,14H,7-10,12H2,1-4H3,(H,25,31,32)/t14-/m0/s1. The molecule has 1 saturated heterocycles. The van der Waals surface area contributed by atoms with E-state index in [4.69, 9.17) is 11.6 Å². The Hall–Kier alpha value is -2.91. The summed E-state index contributed by atoms with van der Waals surface area (Å²) in [7, 11) is 1.56. The van der Waals surface area contributed by atoms with E-state index in [0.29, 0.717) is 12.4 Å². The lowest BCUT2D eigenvalue weighted by molar-refractivity contribution is -0.119. The molecule has 3 aromatic rings. The number of Topliss-reactive ketones (excluding diaryl/α,β-unsaturated/α-hetero) is 1. The SMILES string of the molecule is CC(=O)[C@H](C)n1c(CN2CCN(c3cc(Cl)ccc3C)CC2)nc2c1c(=O)[nH]c(=O)n2C. The Labute approximate surface area is 190 Å². The van der Waals surface area contributed by atoms with E-state index in [1.807, 2.05) is 18.2 Å². The number of ketones is 1. The first-order chi connectivity index (χ1) is 15.2. The van der Waals surface area contributed by atoms with Gasteiger partial charge in [-0.3, -0.25) is 24.0 Å². The maximum Gasteiger partial charge on any atom is 0.329 e. The summed E-state index contributed by atoms with van der Waals surface area (Å²) in [6, 6.07) is 5.35. The summed E-state index contributed by atoms with van der Waals surface area (Å²) >= 11 is 6.19. The van der Waals surface area contributed by atoms with Crippen LogP contribution in [0.25, 0.3) is 11.2 Å². The number of nitrogens with zero attached hydrogens (tertiary/aromatic N) is 5. The molecule has 170 valence electrons. The number of carbonyl (C=O) groups is 1. The van der Waals surface area contributed by atoms with E-state index in [2.05, 4.69) is 26.7 Å². The van der Waals surface area contributed by atoms with E-state index in [1.165, 1.54) is 17.1 Å². The first-order valence-corrected chi connectivity index (χ1v) is 11.0. The molecule has 0 unspecified atom stereocenters. The van der Waals surface area contributed by atoms with Gasteiger partial charge in [-0.1, -0.05) is 17.7 Å². The summed E-state index contributed by atoms with van der Waals surface area (Å²) in [4.78, 5) is 48.3. The molecule has 4 rings (SSSR count). The molecule has 10 heteroatoms. The Bertz CT molecular complexity index is 1300. The minimum atomic E-state index is -0.566. The predicted molar refractivity (Wildman–Crippen MR) is 125 cm³/mol.